The van der Waals surface area contributed by atoms with Crippen molar-refractivity contribution in [2.45, 2.75) is 25.7 Å². The van der Waals surface area contributed by atoms with Gasteiger partial charge in [-0.3, -0.25) is 0 Å². The highest BCUT2D eigenvalue weighted by atomic mass is 79.9. The maximum absolute atomic E-state index is 5.79. The van der Waals surface area contributed by atoms with Crippen LogP contribution in [-0.2, 0) is 0 Å². The monoisotopic (exact) mass is 270 g/mol. The van der Waals surface area contributed by atoms with Gasteiger partial charge in [-0.05, 0) is 40.8 Å². The van der Waals surface area contributed by atoms with Gasteiger partial charge in [0.1, 0.15) is 0 Å². The molecule has 2 rings (SSSR count). The zero-order chi connectivity index (χ0) is 10.7. The van der Waals surface area contributed by atoms with Crippen LogP contribution in [0.15, 0.2) is 16.7 Å². The largest absolute Gasteiger partial charge is 0.476 e. The molecule has 1 saturated carbocycles. The van der Waals surface area contributed by atoms with Crippen LogP contribution >= 0.6 is 15.9 Å². The average molecular weight is 271 g/mol. The Labute approximate surface area is 98.2 Å². The predicted molar refractivity (Wildman–Crippen MR) is 63.8 cm³/mol. The van der Waals surface area contributed by atoms with Crippen molar-refractivity contribution in [3.8, 4) is 5.88 Å². The van der Waals surface area contributed by atoms with Crippen molar-refractivity contribution >= 4 is 21.6 Å². The van der Waals surface area contributed by atoms with Crippen molar-refractivity contribution in [3.63, 3.8) is 0 Å². The molecule has 0 aliphatic heterocycles. The van der Waals surface area contributed by atoms with Crippen LogP contribution < -0.4 is 10.5 Å². The summed E-state index contributed by atoms with van der Waals surface area (Å²) in [6.45, 7) is 0.749. The summed E-state index contributed by atoms with van der Waals surface area (Å²) >= 11 is 3.32. The highest BCUT2D eigenvalue weighted by Crippen LogP contribution is 2.27. The number of nitrogen functional groups attached to an aromatic ring is 1. The Morgan fingerprint density at radius 2 is 2.20 bits per heavy atom. The third-order valence-corrected chi connectivity index (χ3v) is 3.21. The minimum absolute atomic E-state index is 0.560. The Hall–Kier alpha value is -0.770. The molecule has 0 bridgehead atoms. The quantitative estimate of drug-likeness (QED) is 0.919. The second kappa shape index (κ2) is 4.84. The second-order valence-corrected chi connectivity index (χ2v) is 4.93. The number of nitrogens with two attached hydrogens (primary N) is 1. The van der Waals surface area contributed by atoms with Crippen molar-refractivity contribution < 1.29 is 4.74 Å². The molecule has 1 fully saturated rings. The lowest BCUT2D eigenvalue weighted by Gasteiger charge is -2.11. The molecule has 1 heterocycles. The fraction of sp³-hybridized carbons (Fsp3) is 0.545. The standard InChI is InChI=1S/C11H15BrN2O/c12-9-5-10(13)11(14-6-9)15-7-8-3-1-2-4-8/h5-6,8H,1-4,7,13H2. The first kappa shape index (κ1) is 10.7. The van der Waals surface area contributed by atoms with Crippen LogP contribution in [0.3, 0.4) is 0 Å². The van der Waals surface area contributed by atoms with Crippen molar-refractivity contribution in [3.05, 3.63) is 16.7 Å². The summed E-state index contributed by atoms with van der Waals surface area (Å²) in [5, 5.41) is 0. The average Bonchev–Trinajstić information content (AvgIpc) is 2.69. The SMILES string of the molecule is Nc1cc(Br)cnc1OCC1CCCC1. The van der Waals surface area contributed by atoms with Crippen molar-refractivity contribution in [1.82, 2.24) is 4.98 Å². The van der Waals surface area contributed by atoms with Crippen LogP contribution in [0.25, 0.3) is 0 Å². The highest BCUT2D eigenvalue weighted by Gasteiger charge is 2.16. The Morgan fingerprint density at radius 3 is 2.87 bits per heavy atom. The first-order valence-corrected chi connectivity index (χ1v) is 6.09. The number of hydrogen-bond acceptors (Lipinski definition) is 3. The van der Waals surface area contributed by atoms with E-state index in [9.17, 15) is 0 Å². The number of pyridine rings is 1. The zero-order valence-electron chi connectivity index (χ0n) is 8.58. The molecular weight excluding hydrogens is 256 g/mol. The predicted octanol–water partition coefficient (Wildman–Crippen LogP) is 3.00. The van der Waals surface area contributed by atoms with Gasteiger partial charge < -0.3 is 10.5 Å². The van der Waals surface area contributed by atoms with Gasteiger partial charge in [-0.15, -0.1) is 0 Å². The molecule has 0 radical (unpaired) electrons. The Kier molecular flexibility index (Phi) is 3.46. The van der Waals surface area contributed by atoms with Gasteiger partial charge in [0.15, 0.2) is 0 Å². The summed E-state index contributed by atoms with van der Waals surface area (Å²) < 4.78 is 6.50. The summed E-state index contributed by atoms with van der Waals surface area (Å²) in [5.74, 6) is 1.25. The van der Waals surface area contributed by atoms with Gasteiger partial charge in [-0.25, -0.2) is 4.98 Å². The van der Waals surface area contributed by atoms with Gasteiger partial charge >= 0.3 is 0 Å². The van der Waals surface area contributed by atoms with Gasteiger partial charge in [-0.2, -0.15) is 0 Å². The van der Waals surface area contributed by atoms with Crippen LogP contribution in [0.4, 0.5) is 5.69 Å². The summed E-state index contributed by atoms with van der Waals surface area (Å²) in [6.07, 6.45) is 6.92. The first-order valence-electron chi connectivity index (χ1n) is 5.29. The molecule has 0 saturated heterocycles. The van der Waals surface area contributed by atoms with E-state index in [4.69, 9.17) is 10.5 Å². The maximum atomic E-state index is 5.79. The smallest absolute Gasteiger partial charge is 0.237 e. The van der Waals surface area contributed by atoms with E-state index in [1.54, 1.807) is 6.20 Å². The summed E-state index contributed by atoms with van der Waals surface area (Å²) in [7, 11) is 0. The molecule has 0 unspecified atom stereocenters. The van der Waals surface area contributed by atoms with Crippen LogP contribution in [-0.4, -0.2) is 11.6 Å². The van der Waals surface area contributed by atoms with Gasteiger partial charge in [0.25, 0.3) is 0 Å². The molecule has 0 spiro atoms. The molecule has 4 heteroatoms. The molecule has 2 N–H and O–H groups in total. The number of aromatic nitrogens is 1. The number of ether oxygens (including phenoxy) is 1. The van der Waals surface area contributed by atoms with Gasteiger partial charge in [0, 0.05) is 10.7 Å². The van der Waals surface area contributed by atoms with Crippen LogP contribution in [0.2, 0.25) is 0 Å². The number of anilines is 1. The second-order valence-electron chi connectivity index (χ2n) is 4.01. The van der Waals surface area contributed by atoms with Gasteiger partial charge in [-0.1, -0.05) is 12.8 Å². The van der Waals surface area contributed by atoms with Crippen molar-refractivity contribution in [2.24, 2.45) is 5.92 Å². The Balaban J connectivity index is 1.92. The molecule has 3 nitrogen and oxygen atoms in total. The van der Waals surface area contributed by atoms with Crippen LogP contribution in [0.5, 0.6) is 5.88 Å². The Bertz CT molecular complexity index is 337. The van der Waals surface area contributed by atoms with E-state index in [2.05, 4.69) is 20.9 Å². The van der Waals surface area contributed by atoms with E-state index in [0.717, 1.165) is 11.1 Å². The molecule has 82 valence electrons. The number of rotatable bonds is 3. The Morgan fingerprint density at radius 1 is 1.47 bits per heavy atom. The van der Waals surface area contributed by atoms with Crippen molar-refractivity contribution in [1.29, 1.82) is 0 Å². The molecule has 15 heavy (non-hydrogen) atoms. The molecule has 0 aromatic carbocycles. The maximum Gasteiger partial charge on any atom is 0.237 e. The van der Waals surface area contributed by atoms with Crippen LogP contribution in [0.1, 0.15) is 25.7 Å². The molecule has 0 atom stereocenters. The van der Waals surface area contributed by atoms with E-state index in [0.29, 0.717) is 17.5 Å². The fourth-order valence-electron chi connectivity index (χ4n) is 1.94. The lowest BCUT2D eigenvalue weighted by molar-refractivity contribution is 0.245. The lowest BCUT2D eigenvalue weighted by atomic mass is 10.1. The number of hydrogen-bond donors (Lipinski definition) is 1. The van der Waals surface area contributed by atoms with E-state index in [-0.39, 0.29) is 0 Å². The molecular formula is C11H15BrN2O. The van der Waals surface area contributed by atoms with E-state index in [1.165, 1.54) is 25.7 Å². The van der Waals surface area contributed by atoms with E-state index < -0.39 is 0 Å². The molecule has 1 aliphatic rings. The topological polar surface area (TPSA) is 48.1 Å². The minimum Gasteiger partial charge on any atom is -0.476 e. The van der Waals surface area contributed by atoms with Crippen LogP contribution in [0, 0.1) is 5.92 Å². The molecule has 0 amide bonds. The molecule has 1 aliphatic carbocycles. The highest BCUT2D eigenvalue weighted by molar-refractivity contribution is 9.10. The minimum atomic E-state index is 0.560. The fourth-order valence-corrected chi connectivity index (χ4v) is 2.29. The van der Waals surface area contributed by atoms with E-state index >= 15 is 0 Å². The van der Waals surface area contributed by atoms with Gasteiger partial charge in [0.05, 0.1) is 12.3 Å². The summed E-state index contributed by atoms with van der Waals surface area (Å²) in [6, 6.07) is 1.82. The third kappa shape index (κ3) is 2.84. The zero-order valence-corrected chi connectivity index (χ0v) is 10.2. The summed E-state index contributed by atoms with van der Waals surface area (Å²) in [4.78, 5) is 4.14. The summed E-state index contributed by atoms with van der Waals surface area (Å²) in [5.41, 5.74) is 6.39. The first-order chi connectivity index (χ1) is 7.25. The third-order valence-electron chi connectivity index (χ3n) is 2.78. The van der Waals surface area contributed by atoms with Gasteiger partial charge in [0.2, 0.25) is 5.88 Å². The van der Waals surface area contributed by atoms with Crippen molar-refractivity contribution in [2.75, 3.05) is 12.3 Å². The normalized spacial score (nSPS) is 16.9. The van der Waals surface area contributed by atoms with E-state index in [1.807, 2.05) is 6.07 Å². The molecule has 1 aromatic heterocycles. The number of halogens is 1. The lowest BCUT2D eigenvalue weighted by Crippen LogP contribution is -2.10. The molecule has 1 aromatic rings. The number of nitrogens with zero attached hydrogens (tertiary/aromatic N) is 1.